The number of benzene rings is 1. The van der Waals surface area contributed by atoms with Gasteiger partial charge in [-0.1, -0.05) is 62.4 Å². The van der Waals surface area contributed by atoms with Crippen molar-refractivity contribution in [3.8, 4) is 0 Å². The van der Waals surface area contributed by atoms with Crippen LogP contribution in [0.1, 0.15) is 50.0 Å². The molecule has 1 unspecified atom stereocenters. The van der Waals surface area contributed by atoms with Gasteiger partial charge in [0, 0.05) is 26.1 Å². The van der Waals surface area contributed by atoms with Crippen molar-refractivity contribution < 1.29 is 5.11 Å². The first-order chi connectivity index (χ1) is 11.3. The predicted molar refractivity (Wildman–Crippen MR) is 112 cm³/mol. The molecular formula is C19H32IN3O. The Bertz CT molecular complexity index is 461. The van der Waals surface area contributed by atoms with Gasteiger partial charge in [-0.2, -0.15) is 0 Å². The van der Waals surface area contributed by atoms with E-state index in [1.54, 1.807) is 7.05 Å². The summed E-state index contributed by atoms with van der Waals surface area (Å²) in [5.41, 5.74) is 1.15. The van der Waals surface area contributed by atoms with E-state index >= 15 is 0 Å². The maximum atomic E-state index is 9.61. The zero-order chi connectivity index (χ0) is 16.3. The zero-order valence-electron chi connectivity index (χ0n) is 14.7. The van der Waals surface area contributed by atoms with E-state index in [0.717, 1.165) is 24.0 Å². The third-order valence-corrected chi connectivity index (χ3v) is 4.80. The Hall–Kier alpha value is -0.820. The average Bonchev–Trinajstić information content (AvgIpc) is 2.62. The van der Waals surface area contributed by atoms with Crippen LogP contribution in [0.5, 0.6) is 0 Å². The molecule has 0 aromatic heterocycles. The molecule has 136 valence electrons. The van der Waals surface area contributed by atoms with Crippen LogP contribution >= 0.6 is 24.0 Å². The lowest BCUT2D eigenvalue weighted by Gasteiger charge is -2.22. The van der Waals surface area contributed by atoms with E-state index in [2.05, 4.69) is 27.8 Å². The molecule has 3 N–H and O–H groups in total. The van der Waals surface area contributed by atoms with Crippen molar-refractivity contribution in [1.29, 1.82) is 0 Å². The Morgan fingerprint density at radius 3 is 2.50 bits per heavy atom. The molecule has 0 heterocycles. The highest BCUT2D eigenvalue weighted by Crippen LogP contribution is 2.25. The molecule has 4 nitrogen and oxygen atoms in total. The number of guanidine groups is 1. The van der Waals surface area contributed by atoms with Crippen molar-refractivity contribution in [2.75, 3.05) is 26.7 Å². The van der Waals surface area contributed by atoms with Gasteiger partial charge in [-0.25, -0.2) is 0 Å². The summed E-state index contributed by atoms with van der Waals surface area (Å²) in [6.07, 6.45) is 8.19. The van der Waals surface area contributed by atoms with Gasteiger partial charge in [0.2, 0.25) is 0 Å². The van der Waals surface area contributed by atoms with Gasteiger partial charge in [-0.3, -0.25) is 4.99 Å². The van der Waals surface area contributed by atoms with Crippen LogP contribution in [-0.4, -0.2) is 37.8 Å². The predicted octanol–water partition coefficient (Wildman–Crippen LogP) is 3.52. The third-order valence-electron chi connectivity index (χ3n) is 4.80. The number of aliphatic hydroxyl groups is 1. The highest BCUT2D eigenvalue weighted by atomic mass is 127. The molecule has 5 heteroatoms. The lowest BCUT2D eigenvalue weighted by molar-refractivity contribution is 0.265. The second-order valence-corrected chi connectivity index (χ2v) is 6.46. The number of halogens is 1. The van der Waals surface area contributed by atoms with Gasteiger partial charge in [0.1, 0.15) is 0 Å². The molecule has 1 aromatic carbocycles. The molecule has 1 aliphatic rings. The van der Waals surface area contributed by atoms with Crippen molar-refractivity contribution in [2.45, 2.75) is 44.4 Å². The van der Waals surface area contributed by atoms with Gasteiger partial charge >= 0.3 is 0 Å². The van der Waals surface area contributed by atoms with Crippen LogP contribution in [0.25, 0.3) is 0 Å². The highest BCUT2D eigenvalue weighted by Gasteiger charge is 2.14. The van der Waals surface area contributed by atoms with Gasteiger partial charge in [0.25, 0.3) is 0 Å². The summed E-state index contributed by atoms with van der Waals surface area (Å²) >= 11 is 0. The summed E-state index contributed by atoms with van der Waals surface area (Å²) in [5, 5.41) is 16.4. The number of rotatable bonds is 7. The molecule has 0 bridgehead atoms. The molecule has 1 aliphatic carbocycles. The number of nitrogens with zero attached hydrogens (tertiary/aromatic N) is 1. The largest absolute Gasteiger partial charge is 0.396 e. The van der Waals surface area contributed by atoms with Crippen LogP contribution in [0.2, 0.25) is 0 Å². The average molecular weight is 445 g/mol. The Balaban J connectivity index is 0.00000288. The van der Waals surface area contributed by atoms with E-state index in [9.17, 15) is 5.11 Å². The number of hydrogen-bond acceptors (Lipinski definition) is 2. The maximum absolute atomic E-state index is 9.61. The maximum Gasteiger partial charge on any atom is 0.190 e. The molecule has 24 heavy (non-hydrogen) atoms. The third kappa shape index (κ3) is 7.38. The molecule has 0 saturated heterocycles. The fraction of sp³-hybridized carbons (Fsp3) is 0.632. The Morgan fingerprint density at radius 2 is 1.88 bits per heavy atom. The smallest absolute Gasteiger partial charge is 0.190 e. The van der Waals surface area contributed by atoms with Crippen molar-refractivity contribution in [3.63, 3.8) is 0 Å². The van der Waals surface area contributed by atoms with Crippen LogP contribution in [0.15, 0.2) is 35.3 Å². The summed E-state index contributed by atoms with van der Waals surface area (Å²) in [5.74, 6) is 1.80. The standard InChI is InChI=1S/C19H31N3O.HI/c1-20-19(21-13-12-16-8-4-2-5-9-16)22-14-18(15-23)17-10-6-3-7-11-17;/h3,6-7,10-11,16,18,23H,2,4-5,8-9,12-15H2,1H3,(H2,20,21,22);1H. The number of aliphatic hydroxyl groups excluding tert-OH is 1. The first kappa shape index (κ1) is 21.2. The summed E-state index contributed by atoms with van der Waals surface area (Å²) in [6, 6.07) is 10.1. The van der Waals surface area contributed by atoms with Crippen molar-refractivity contribution in [3.05, 3.63) is 35.9 Å². The molecule has 0 amide bonds. The van der Waals surface area contributed by atoms with Gasteiger partial charge < -0.3 is 15.7 Å². The van der Waals surface area contributed by atoms with E-state index in [4.69, 9.17) is 0 Å². The number of nitrogens with one attached hydrogen (secondary N) is 2. The molecular weight excluding hydrogens is 413 g/mol. The second kappa shape index (κ2) is 12.5. The fourth-order valence-corrected chi connectivity index (χ4v) is 3.32. The molecule has 2 rings (SSSR count). The molecule has 1 fully saturated rings. The highest BCUT2D eigenvalue weighted by molar-refractivity contribution is 14.0. The quantitative estimate of drug-likeness (QED) is 0.342. The van der Waals surface area contributed by atoms with Gasteiger partial charge in [0.05, 0.1) is 6.61 Å². The topological polar surface area (TPSA) is 56.7 Å². The van der Waals surface area contributed by atoms with Gasteiger partial charge in [-0.15, -0.1) is 24.0 Å². The summed E-state index contributed by atoms with van der Waals surface area (Å²) < 4.78 is 0. The lowest BCUT2D eigenvalue weighted by atomic mass is 9.87. The van der Waals surface area contributed by atoms with Crippen molar-refractivity contribution in [1.82, 2.24) is 10.6 Å². The van der Waals surface area contributed by atoms with Crippen LogP contribution in [0.4, 0.5) is 0 Å². The van der Waals surface area contributed by atoms with E-state index < -0.39 is 0 Å². The molecule has 1 saturated carbocycles. The van der Waals surface area contributed by atoms with Crippen molar-refractivity contribution in [2.24, 2.45) is 10.9 Å². The normalized spacial score (nSPS) is 17.0. The van der Waals surface area contributed by atoms with E-state index in [0.29, 0.717) is 6.54 Å². The van der Waals surface area contributed by atoms with E-state index in [-0.39, 0.29) is 36.5 Å². The summed E-state index contributed by atoms with van der Waals surface area (Å²) in [7, 11) is 1.80. The Kier molecular flexibility index (Phi) is 11.1. The molecule has 0 aliphatic heterocycles. The number of hydrogen-bond donors (Lipinski definition) is 3. The van der Waals surface area contributed by atoms with E-state index in [1.807, 2.05) is 18.2 Å². The van der Waals surface area contributed by atoms with E-state index in [1.165, 1.54) is 38.5 Å². The summed E-state index contributed by atoms with van der Waals surface area (Å²) in [6.45, 7) is 1.79. The minimum atomic E-state index is 0. The van der Waals surface area contributed by atoms with Crippen LogP contribution < -0.4 is 10.6 Å². The molecule has 0 spiro atoms. The van der Waals surface area contributed by atoms with Gasteiger partial charge in [-0.05, 0) is 17.9 Å². The first-order valence-corrected chi connectivity index (χ1v) is 8.93. The SMILES string of the molecule is CN=C(NCCC1CCCCC1)NCC(CO)c1ccccc1.I. The first-order valence-electron chi connectivity index (χ1n) is 8.93. The fourth-order valence-electron chi connectivity index (χ4n) is 3.32. The van der Waals surface area contributed by atoms with Crippen LogP contribution in [0.3, 0.4) is 0 Å². The monoisotopic (exact) mass is 445 g/mol. The second-order valence-electron chi connectivity index (χ2n) is 6.46. The lowest BCUT2D eigenvalue weighted by Crippen LogP contribution is -2.40. The summed E-state index contributed by atoms with van der Waals surface area (Å²) in [4.78, 5) is 4.28. The Morgan fingerprint density at radius 1 is 1.17 bits per heavy atom. The minimum Gasteiger partial charge on any atom is -0.396 e. The molecule has 1 aromatic rings. The zero-order valence-corrected chi connectivity index (χ0v) is 17.0. The van der Waals surface area contributed by atoms with Crippen LogP contribution in [-0.2, 0) is 0 Å². The number of aliphatic imine (C=N–C) groups is 1. The molecule has 1 atom stereocenters. The van der Waals surface area contributed by atoms with Crippen LogP contribution in [0, 0.1) is 5.92 Å². The van der Waals surface area contributed by atoms with Crippen molar-refractivity contribution >= 4 is 29.9 Å². The van der Waals surface area contributed by atoms with Gasteiger partial charge in [0.15, 0.2) is 5.96 Å². The Labute approximate surface area is 163 Å². The molecule has 0 radical (unpaired) electrons. The minimum absolute atomic E-state index is 0.